The van der Waals surface area contributed by atoms with E-state index >= 15 is 0 Å². The molecule has 0 spiro atoms. The summed E-state index contributed by atoms with van der Waals surface area (Å²) in [4.78, 5) is 16.3. The fraction of sp³-hybridized carbons (Fsp3) is 0.227. The third kappa shape index (κ3) is 6.21. The van der Waals surface area contributed by atoms with Gasteiger partial charge in [0.05, 0.1) is 6.54 Å². The highest BCUT2D eigenvalue weighted by Gasteiger charge is 2.06. The first kappa shape index (κ1) is 20.1. The number of nitrogens with zero attached hydrogens (tertiary/aromatic N) is 3. The average molecular weight is 390 g/mol. The van der Waals surface area contributed by atoms with Crippen LogP contribution in [-0.4, -0.2) is 41.8 Å². The minimum Gasteiger partial charge on any atom is -0.355 e. The van der Waals surface area contributed by atoms with Crippen molar-refractivity contribution in [1.82, 2.24) is 25.7 Å². The van der Waals surface area contributed by atoms with E-state index in [4.69, 9.17) is 0 Å². The number of aliphatic imine (C=N–C) groups is 1. The SMILES string of the molecule is CN=C(NCCNC(=O)c1ccccc1)NCc1ccccc1Cn1cccn1. The van der Waals surface area contributed by atoms with E-state index < -0.39 is 0 Å². The molecule has 0 aliphatic carbocycles. The first-order chi connectivity index (χ1) is 14.3. The summed E-state index contributed by atoms with van der Waals surface area (Å²) in [5.41, 5.74) is 3.04. The molecular formula is C22H26N6O. The molecule has 0 radical (unpaired) electrons. The summed E-state index contributed by atoms with van der Waals surface area (Å²) in [6.07, 6.45) is 3.73. The van der Waals surface area contributed by atoms with Crippen molar-refractivity contribution in [3.63, 3.8) is 0 Å². The van der Waals surface area contributed by atoms with Crippen molar-refractivity contribution in [2.45, 2.75) is 13.1 Å². The van der Waals surface area contributed by atoms with Gasteiger partial charge in [0.1, 0.15) is 0 Å². The molecule has 150 valence electrons. The van der Waals surface area contributed by atoms with Crippen molar-refractivity contribution in [3.05, 3.63) is 89.7 Å². The van der Waals surface area contributed by atoms with Crippen LogP contribution in [0.5, 0.6) is 0 Å². The van der Waals surface area contributed by atoms with Gasteiger partial charge in [-0.05, 0) is 29.3 Å². The highest BCUT2D eigenvalue weighted by molar-refractivity contribution is 5.94. The summed E-state index contributed by atoms with van der Waals surface area (Å²) in [7, 11) is 1.73. The number of amides is 1. The molecule has 1 aromatic heterocycles. The maximum Gasteiger partial charge on any atom is 0.251 e. The van der Waals surface area contributed by atoms with Gasteiger partial charge in [-0.25, -0.2) is 0 Å². The zero-order valence-corrected chi connectivity index (χ0v) is 16.5. The van der Waals surface area contributed by atoms with Crippen molar-refractivity contribution in [2.24, 2.45) is 4.99 Å². The monoisotopic (exact) mass is 390 g/mol. The van der Waals surface area contributed by atoms with E-state index in [-0.39, 0.29) is 5.91 Å². The van der Waals surface area contributed by atoms with Gasteiger partial charge in [0.2, 0.25) is 0 Å². The molecule has 0 fully saturated rings. The molecule has 0 atom stereocenters. The molecule has 2 aromatic carbocycles. The number of hydrogen-bond acceptors (Lipinski definition) is 3. The number of carbonyl (C=O) groups is 1. The molecule has 1 heterocycles. The second-order valence-electron chi connectivity index (χ2n) is 6.45. The molecule has 0 aliphatic heterocycles. The van der Waals surface area contributed by atoms with Crippen LogP contribution in [0.2, 0.25) is 0 Å². The second kappa shape index (κ2) is 10.7. The van der Waals surface area contributed by atoms with Gasteiger partial charge < -0.3 is 16.0 Å². The fourth-order valence-electron chi connectivity index (χ4n) is 2.90. The van der Waals surface area contributed by atoms with Gasteiger partial charge in [-0.2, -0.15) is 5.10 Å². The summed E-state index contributed by atoms with van der Waals surface area (Å²) in [6, 6.07) is 19.4. The predicted molar refractivity (Wildman–Crippen MR) is 115 cm³/mol. The third-order valence-corrected chi connectivity index (χ3v) is 4.42. The van der Waals surface area contributed by atoms with Crippen molar-refractivity contribution in [2.75, 3.05) is 20.1 Å². The molecule has 7 nitrogen and oxygen atoms in total. The molecule has 0 unspecified atom stereocenters. The summed E-state index contributed by atoms with van der Waals surface area (Å²) in [6.45, 7) is 2.45. The van der Waals surface area contributed by atoms with Crippen LogP contribution in [0.3, 0.4) is 0 Å². The Morgan fingerprint density at radius 3 is 2.38 bits per heavy atom. The Kier molecular flexibility index (Phi) is 7.40. The number of nitrogens with one attached hydrogen (secondary N) is 3. The molecule has 1 amide bonds. The van der Waals surface area contributed by atoms with E-state index in [1.165, 1.54) is 11.1 Å². The number of carbonyl (C=O) groups excluding carboxylic acids is 1. The summed E-state index contributed by atoms with van der Waals surface area (Å²) in [5, 5.41) is 13.7. The van der Waals surface area contributed by atoms with Crippen LogP contribution in [0.15, 0.2) is 78.0 Å². The van der Waals surface area contributed by atoms with Gasteiger partial charge in [-0.1, -0.05) is 42.5 Å². The molecule has 0 bridgehead atoms. The second-order valence-corrected chi connectivity index (χ2v) is 6.45. The van der Waals surface area contributed by atoms with Gasteiger partial charge in [0.15, 0.2) is 5.96 Å². The number of rotatable bonds is 8. The maximum absolute atomic E-state index is 12.0. The molecule has 3 aromatic rings. The molecule has 3 rings (SSSR count). The van der Waals surface area contributed by atoms with E-state index in [0.29, 0.717) is 31.2 Å². The summed E-state index contributed by atoms with van der Waals surface area (Å²) in [5.74, 6) is 0.607. The maximum atomic E-state index is 12.0. The highest BCUT2D eigenvalue weighted by atomic mass is 16.1. The minimum absolute atomic E-state index is 0.0807. The Balaban J connectivity index is 1.44. The zero-order chi connectivity index (χ0) is 20.3. The Hall–Kier alpha value is -3.61. The predicted octanol–water partition coefficient (Wildman–Crippen LogP) is 2.03. The highest BCUT2D eigenvalue weighted by Crippen LogP contribution is 2.10. The summed E-state index contributed by atoms with van der Waals surface area (Å²) >= 11 is 0. The largest absolute Gasteiger partial charge is 0.355 e. The molecular weight excluding hydrogens is 364 g/mol. The van der Waals surface area contributed by atoms with Crippen LogP contribution in [0.25, 0.3) is 0 Å². The van der Waals surface area contributed by atoms with Crippen LogP contribution in [0.1, 0.15) is 21.5 Å². The van der Waals surface area contributed by atoms with E-state index in [0.717, 1.165) is 6.54 Å². The Morgan fingerprint density at radius 2 is 1.66 bits per heavy atom. The van der Waals surface area contributed by atoms with Gasteiger partial charge in [0.25, 0.3) is 5.91 Å². The topological polar surface area (TPSA) is 83.3 Å². The molecule has 0 aliphatic rings. The number of hydrogen-bond donors (Lipinski definition) is 3. The van der Waals surface area contributed by atoms with Gasteiger partial charge in [0, 0.05) is 44.6 Å². The normalized spacial score (nSPS) is 11.1. The Morgan fingerprint density at radius 1 is 0.931 bits per heavy atom. The fourth-order valence-corrected chi connectivity index (χ4v) is 2.90. The van der Waals surface area contributed by atoms with Gasteiger partial charge >= 0.3 is 0 Å². The number of benzene rings is 2. The van der Waals surface area contributed by atoms with Crippen molar-refractivity contribution >= 4 is 11.9 Å². The van der Waals surface area contributed by atoms with Gasteiger partial charge in [-0.15, -0.1) is 0 Å². The van der Waals surface area contributed by atoms with Crippen molar-refractivity contribution in [3.8, 4) is 0 Å². The lowest BCUT2D eigenvalue weighted by atomic mass is 10.1. The van der Waals surface area contributed by atoms with Crippen LogP contribution < -0.4 is 16.0 Å². The van der Waals surface area contributed by atoms with Crippen LogP contribution >= 0.6 is 0 Å². The smallest absolute Gasteiger partial charge is 0.251 e. The molecule has 7 heteroatoms. The average Bonchev–Trinajstić information content (AvgIpc) is 3.28. The zero-order valence-electron chi connectivity index (χ0n) is 16.5. The van der Waals surface area contributed by atoms with E-state index in [9.17, 15) is 4.79 Å². The van der Waals surface area contributed by atoms with Crippen LogP contribution in [0, 0.1) is 0 Å². The Bertz CT molecular complexity index is 921. The standard InChI is InChI=1S/C22H26N6O/c1-23-22(25-14-13-24-21(29)18-8-3-2-4-9-18)26-16-19-10-5-6-11-20(19)17-28-15-7-12-27-28/h2-12,15H,13-14,16-17H2,1H3,(H,24,29)(H2,23,25,26). The first-order valence-electron chi connectivity index (χ1n) is 9.58. The van der Waals surface area contributed by atoms with E-state index in [1.54, 1.807) is 25.4 Å². The summed E-state index contributed by atoms with van der Waals surface area (Å²) < 4.78 is 1.90. The lowest BCUT2D eigenvalue weighted by Crippen LogP contribution is -2.41. The Labute approximate surface area is 170 Å². The molecule has 3 N–H and O–H groups in total. The van der Waals surface area contributed by atoms with E-state index in [1.807, 2.05) is 47.3 Å². The number of aromatic nitrogens is 2. The third-order valence-electron chi connectivity index (χ3n) is 4.42. The van der Waals surface area contributed by atoms with Crippen LogP contribution in [0.4, 0.5) is 0 Å². The van der Waals surface area contributed by atoms with Crippen molar-refractivity contribution < 1.29 is 4.79 Å². The molecule has 0 saturated heterocycles. The quantitative estimate of drug-likeness (QED) is 0.312. The number of guanidine groups is 1. The molecule has 0 saturated carbocycles. The first-order valence-corrected chi connectivity index (χ1v) is 9.58. The van der Waals surface area contributed by atoms with Crippen LogP contribution in [-0.2, 0) is 13.1 Å². The lowest BCUT2D eigenvalue weighted by Gasteiger charge is -2.14. The van der Waals surface area contributed by atoms with E-state index in [2.05, 4.69) is 38.2 Å². The van der Waals surface area contributed by atoms with Crippen molar-refractivity contribution in [1.29, 1.82) is 0 Å². The lowest BCUT2D eigenvalue weighted by molar-refractivity contribution is 0.0954. The minimum atomic E-state index is -0.0807. The molecule has 29 heavy (non-hydrogen) atoms. The van der Waals surface area contributed by atoms with Gasteiger partial charge in [-0.3, -0.25) is 14.5 Å².